The Morgan fingerprint density at radius 3 is 2.61 bits per heavy atom. The SMILES string of the molecule is COC(=O)[C@@H]1Cc2c([nH]c3ccccc23)[C@H](c2cccc([N+](=O)[O-])c2)N1Cc1ccccc1. The summed E-state index contributed by atoms with van der Waals surface area (Å²) in [4.78, 5) is 29.8. The minimum atomic E-state index is -0.536. The number of esters is 1. The van der Waals surface area contributed by atoms with Crippen LogP contribution in [0.2, 0.25) is 0 Å². The Labute approximate surface area is 190 Å². The number of H-pyrrole nitrogens is 1. The molecule has 166 valence electrons. The predicted molar refractivity (Wildman–Crippen MR) is 125 cm³/mol. The molecule has 0 fully saturated rings. The Bertz CT molecular complexity index is 1330. The van der Waals surface area contributed by atoms with Gasteiger partial charge in [-0.1, -0.05) is 60.7 Å². The minimum absolute atomic E-state index is 0.0185. The van der Waals surface area contributed by atoms with Crippen molar-refractivity contribution in [1.29, 1.82) is 0 Å². The fourth-order valence-electron chi connectivity index (χ4n) is 4.85. The minimum Gasteiger partial charge on any atom is -0.468 e. The van der Waals surface area contributed by atoms with Crippen molar-refractivity contribution in [3.05, 3.63) is 111 Å². The molecule has 0 amide bonds. The number of non-ortho nitro benzene ring substituents is 1. The number of nitrogens with zero attached hydrogens (tertiary/aromatic N) is 2. The van der Waals surface area contributed by atoms with Crippen LogP contribution in [-0.4, -0.2) is 33.9 Å². The summed E-state index contributed by atoms with van der Waals surface area (Å²) in [5.41, 5.74) is 4.78. The third kappa shape index (κ3) is 3.76. The molecule has 2 heterocycles. The predicted octanol–water partition coefficient (Wildman–Crippen LogP) is 4.77. The average Bonchev–Trinajstić information content (AvgIpc) is 3.22. The molecule has 7 heteroatoms. The molecule has 33 heavy (non-hydrogen) atoms. The molecule has 7 nitrogen and oxygen atoms in total. The van der Waals surface area contributed by atoms with Crippen molar-refractivity contribution in [3.8, 4) is 0 Å². The lowest BCUT2D eigenvalue weighted by Gasteiger charge is -2.41. The van der Waals surface area contributed by atoms with E-state index in [9.17, 15) is 14.9 Å². The van der Waals surface area contributed by atoms with Gasteiger partial charge in [0.2, 0.25) is 0 Å². The number of carbonyl (C=O) groups excluding carboxylic acids is 1. The van der Waals surface area contributed by atoms with Crippen LogP contribution in [0, 0.1) is 10.1 Å². The highest BCUT2D eigenvalue weighted by Gasteiger charge is 2.41. The number of rotatable bonds is 5. The lowest BCUT2D eigenvalue weighted by molar-refractivity contribution is -0.384. The number of benzene rings is 3. The van der Waals surface area contributed by atoms with Crippen LogP contribution in [-0.2, 0) is 22.5 Å². The summed E-state index contributed by atoms with van der Waals surface area (Å²) in [7, 11) is 1.40. The van der Waals surface area contributed by atoms with Gasteiger partial charge in [0.1, 0.15) is 6.04 Å². The number of aromatic amines is 1. The Kier molecular flexibility index (Phi) is 5.40. The molecule has 0 bridgehead atoms. The molecule has 0 spiro atoms. The highest BCUT2D eigenvalue weighted by molar-refractivity contribution is 5.87. The molecular formula is C26H23N3O4. The molecule has 0 radical (unpaired) electrons. The number of nitro groups is 1. The molecule has 0 unspecified atom stereocenters. The molecule has 4 aromatic rings. The quantitative estimate of drug-likeness (QED) is 0.274. The topological polar surface area (TPSA) is 88.5 Å². The fraction of sp³-hybridized carbons (Fsp3) is 0.192. The fourth-order valence-corrected chi connectivity index (χ4v) is 4.85. The summed E-state index contributed by atoms with van der Waals surface area (Å²) < 4.78 is 5.21. The maximum Gasteiger partial charge on any atom is 0.323 e. The lowest BCUT2D eigenvalue weighted by atomic mass is 9.87. The molecule has 5 rings (SSSR count). The van der Waals surface area contributed by atoms with Crippen molar-refractivity contribution in [2.24, 2.45) is 0 Å². The molecule has 1 aliphatic heterocycles. The van der Waals surface area contributed by atoms with Crippen molar-refractivity contribution in [2.75, 3.05) is 7.11 Å². The van der Waals surface area contributed by atoms with E-state index in [0.29, 0.717) is 13.0 Å². The number of methoxy groups -OCH3 is 1. The second-order valence-corrected chi connectivity index (χ2v) is 8.22. The van der Waals surface area contributed by atoms with E-state index in [1.807, 2.05) is 60.7 Å². The zero-order valence-electron chi connectivity index (χ0n) is 18.1. The van der Waals surface area contributed by atoms with Gasteiger partial charge in [0.05, 0.1) is 18.1 Å². The molecule has 3 aromatic carbocycles. The van der Waals surface area contributed by atoms with Crippen LogP contribution in [0.25, 0.3) is 10.9 Å². The van der Waals surface area contributed by atoms with Gasteiger partial charge in [-0.2, -0.15) is 0 Å². The monoisotopic (exact) mass is 441 g/mol. The van der Waals surface area contributed by atoms with E-state index < -0.39 is 11.0 Å². The van der Waals surface area contributed by atoms with Crippen molar-refractivity contribution >= 4 is 22.6 Å². The number of hydrogen-bond donors (Lipinski definition) is 1. The summed E-state index contributed by atoms with van der Waals surface area (Å²) in [6.45, 7) is 0.489. The second-order valence-electron chi connectivity index (χ2n) is 8.22. The van der Waals surface area contributed by atoms with Gasteiger partial charge in [-0.15, -0.1) is 0 Å². The highest BCUT2D eigenvalue weighted by atomic mass is 16.6. The maximum absolute atomic E-state index is 13.0. The molecule has 1 aromatic heterocycles. The highest BCUT2D eigenvalue weighted by Crippen LogP contribution is 2.42. The maximum atomic E-state index is 13.0. The number of ether oxygens (including phenoxy) is 1. The van der Waals surface area contributed by atoms with Crippen LogP contribution >= 0.6 is 0 Å². The van der Waals surface area contributed by atoms with Crippen LogP contribution in [0.4, 0.5) is 5.69 Å². The number of para-hydroxylation sites is 1. The zero-order chi connectivity index (χ0) is 22.9. The first-order chi connectivity index (χ1) is 16.1. The van der Waals surface area contributed by atoms with E-state index in [-0.39, 0.29) is 17.7 Å². The first kappa shape index (κ1) is 20.9. The summed E-state index contributed by atoms with van der Waals surface area (Å²) in [5.74, 6) is -0.322. The van der Waals surface area contributed by atoms with Gasteiger partial charge in [-0.3, -0.25) is 19.8 Å². The van der Waals surface area contributed by atoms with Crippen LogP contribution < -0.4 is 0 Å². The first-order valence-corrected chi connectivity index (χ1v) is 10.8. The van der Waals surface area contributed by atoms with Crippen LogP contribution in [0.1, 0.15) is 28.4 Å². The van der Waals surface area contributed by atoms with Crippen molar-refractivity contribution < 1.29 is 14.5 Å². The average molecular weight is 441 g/mol. The van der Waals surface area contributed by atoms with Crippen molar-refractivity contribution in [3.63, 3.8) is 0 Å². The van der Waals surface area contributed by atoms with Gasteiger partial charge in [-0.05, 0) is 22.8 Å². The smallest absolute Gasteiger partial charge is 0.323 e. The largest absolute Gasteiger partial charge is 0.468 e. The summed E-state index contributed by atoms with van der Waals surface area (Å²) in [5, 5.41) is 12.6. The molecule has 1 N–H and O–H groups in total. The summed E-state index contributed by atoms with van der Waals surface area (Å²) in [6.07, 6.45) is 0.490. The van der Waals surface area contributed by atoms with E-state index >= 15 is 0 Å². The van der Waals surface area contributed by atoms with E-state index in [4.69, 9.17) is 4.74 Å². The third-order valence-corrected chi connectivity index (χ3v) is 6.33. The Morgan fingerprint density at radius 2 is 1.85 bits per heavy atom. The van der Waals surface area contributed by atoms with Gasteiger partial charge in [-0.25, -0.2) is 0 Å². The normalized spacial score (nSPS) is 18.1. The van der Waals surface area contributed by atoms with Crippen LogP contribution in [0.15, 0.2) is 78.9 Å². The summed E-state index contributed by atoms with van der Waals surface area (Å²) >= 11 is 0. The van der Waals surface area contributed by atoms with Gasteiger partial charge in [0.15, 0.2) is 0 Å². The van der Waals surface area contributed by atoms with Gasteiger partial charge in [0, 0.05) is 41.7 Å². The summed E-state index contributed by atoms with van der Waals surface area (Å²) in [6, 6.07) is 23.6. The second kappa shape index (κ2) is 8.52. The first-order valence-electron chi connectivity index (χ1n) is 10.8. The number of carbonyl (C=O) groups is 1. The molecular weight excluding hydrogens is 418 g/mol. The van der Waals surface area contributed by atoms with Crippen LogP contribution in [0.3, 0.4) is 0 Å². The number of hydrogen-bond acceptors (Lipinski definition) is 5. The van der Waals surface area contributed by atoms with Gasteiger partial charge >= 0.3 is 5.97 Å². The molecule has 2 atom stereocenters. The standard InChI is InChI=1S/C26H23N3O4/c1-33-26(30)23-15-21-20-12-5-6-13-22(20)27-24(21)25(18-10-7-11-19(14-18)29(31)32)28(23)16-17-8-3-2-4-9-17/h2-14,23,25,27H,15-16H2,1H3/t23-,25-/m0/s1. The van der Waals surface area contributed by atoms with E-state index in [1.54, 1.807) is 12.1 Å². The molecule has 0 aliphatic carbocycles. The van der Waals surface area contributed by atoms with E-state index in [2.05, 4.69) is 9.88 Å². The zero-order valence-corrected chi connectivity index (χ0v) is 18.1. The number of aromatic nitrogens is 1. The molecule has 1 aliphatic rings. The Morgan fingerprint density at radius 1 is 1.09 bits per heavy atom. The number of fused-ring (bicyclic) bond motifs is 3. The van der Waals surface area contributed by atoms with E-state index in [1.165, 1.54) is 13.2 Å². The molecule has 0 saturated carbocycles. The van der Waals surface area contributed by atoms with Crippen LogP contribution in [0.5, 0.6) is 0 Å². The van der Waals surface area contributed by atoms with Gasteiger partial charge in [0.25, 0.3) is 5.69 Å². The molecule has 0 saturated heterocycles. The number of nitrogens with one attached hydrogen (secondary N) is 1. The van der Waals surface area contributed by atoms with Crippen molar-refractivity contribution in [1.82, 2.24) is 9.88 Å². The Balaban J connectivity index is 1.73. The Hall–Kier alpha value is -3.97. The van der Waals surface area contributed by atoms with Gasteiger partial charge < -0.3 is 9.72 Å². The lowest BCUT2D eigenvalue weighted by Crippen LogP contribution is -2.48. The van der Waals surface area contributed by atoms with E-state index in [0.717, 1.165) is 33.3 Å². The third-order valence-electron chi connectivity index (χ3n) is 6.33. The van der Waals surface area contributed by atoms with Crippen molar-refractivity contribution in [2.45, 2.75) is 25.0 Å². The number of nitro benzene ring substituents is 1.